The molecule has 36 heavy (non-hydrogen) atoms. The van der Waals surface area contributed by atoms with Crippen LogP contribution in [0.3, 0.4) is 0 Å². The Morgan fingerprint density at radius 1 is 1.17 bits per heavy atom. The molecule has 0 saturated carbocycles. The molecule has 5 atom stereocenters. The Morgan fingerprint density at radius 3 is 2.33 bits per heavy atom. The van der Waals surface area contributed by atoms with Crippen molar-refractivity contribution in [2.45, 2.75) is 70.7 Å². The van der Waals surface area contributed by atoms with Crippen LogP contribution in [0.1, 0.15) is 59.9 Å². The van der Waals surface area contributed by atoms with E-state index in [-0.39, 0.29) is 45.6 Å². The monoisotopic (exact) mass is 508 g/mol. The fourth-order valence-electron chi connectivity index (χ4n) is 4.56. The lowest BCUT2D eigenvalue weighted by atomic mass is 9.79. The minimum absolute atomic E-state index is 0.00811. The van der Waals surface area contributed by atoms with Gasteiger partial charge in [0.25, 0.3) is 0 Å². The van der Waals surface area contributed by atoms with E-state index in [1.807, 2.05) is 13.8 Å². The van der Waals surface area contributed by atoms with Gasteiger partial charge in [0.1, 0.15) is 41.2 Å². The third-order valence-corrected chi connectivity index (χ3v) is 6.66. The van der Waals surface area contributed by atoms with E-state index < -0.39 is 60.1 Å². The smallest absolute Gasteiger partial charge is 0.335 e. The van der Waals surface area contributed by atoms with Crippen LogP contribution in [0.15, 0.2) is 12.1 Å². The number of benzene rings is 2. The third-order valence-electron chi connectivity index (χ3n) is 6.66. The zero-order valence-corrected chi connectivity index (χ0v) is 20.4. The summed E-state index contributed by atoms with van der Waals surface area (Å²) in [5, 5.41) is 73.2. The van der Waals surface area contributed by atoms with Gasteiger partial charge in [-0.25, -0.2) is 4.79 Å². The lowest BCUT2D eigenvalue weighted by Gasteiger charge is -2.48. The molecule has 0 unspecified atom stereocenters. The second kappa shape index (κ2) is 10.2. The van der Waals surface area contributed by atoms with E-state index in [2.05, 4.69) is 0 Å². The average Bonchev–Trinajstić information content (AvgIpc) is 2.81. The number of carbonyl (C=O) groups is 2. The summed E-state index contributed by atoms with van der Waals surface area (Å²) in [4.78, 5) is 23.9. The number of Topliss-reactive ketones (excluding diaryl/α,β-unsaturated/α-hetero) is 1. The van der Waals surface area contributed by atoms with E-state index in [1.54, 1.807) is 0 Å². The van der Waals surface area contributed by atoms with Crippen molar-refractivity contribution in [1.82, 2.24) is 0 Å². The van der Waals surface area contributed by atoms with E-state index >= 15 is 0 Å². The lowest BCUT2D eigenvalue weighted by molar-refractivity contribution is -0.315. The second-order valence-corrected chi connectivity index (χ2v) is 9.61. The van der Waals surface area contributed by atoms with Crippen LogP contribution in [-0.2, 0) is 4.74 Å². The van der Waals surface area contributed by atoms with Gasteiger partial charge in [0.05, 0.1) is 23.1 Å². The van der Waals surface area contributed by atoms with Crippen molar-refractivity contribution in [3.63, 3.8) is 0 Å². The molecule has 1 saturated heterocycles. The molecule has 2 aromatic rings. The van der Waals surface area contributed by atoms with Crippen molar-refractivity contribution in [3.8, 4) is 17.2 Å². The molecule has 7 N–H and O–H groups in total. The highest BCUT2D eigenvalue weighted by atomic mass is 16.7. The van der Waals surface area contributed by atoms with Gasteiger partial charge in [-0.2, -0.15) is 0 Å². The Morgan fingerprint density at radius 2 is 1.81 bits per heavy atom. The number of aromatic hydroxyl groups is 2. The summed E-state index contributed by atoms with van der Waals surface area (Å²) >= 11 is 0. The molecule has 0 spiro atoms. The quantitative estimate of drug-likeness (QED) is 0.201. The second-order valence-electron chi connectivity index (χ2n) is 9.61. The number of phenols is 2. The topological polar surface area (TPSA) is 194 Å². The molecule has 0 amide bonds. The summed E-state index contributed by atoms with van der Waals surface area (Å²) in [5.41, 5.74) is -2.53. The minimum Gasteiger partial charge on any atom is -0.507 e. The molecule has 1 fully saturated rings. The molecule has 0 radical (unpaired) electrons. The molecule has 0 aromatic heterocycles. The summed E-state index contributed by atoms with van der Waals surface area (Å²) < 4.78 is 11.3. The molecule has 0 bridgehead atoms. The molecule has 11 nitrogen and oxygen atoms in total. The zero-order chi connectivity index (χ0) is 27.1. The number of carboxylic acid groups (broad SMARTS) is 1. The number of aliphatic hydroxyl groups is 4. The van der Waals surface area contributed by atoms with Crippen LogP contribution in [0.25, 0.3) is 10.8 Å². The predicted molar refractivity (Wildman–Crippen MR) is 126 cm³/mol. The Kier molecular flexibility index (Phi) is 7.82. The van der Waals surface area contributed by atoms with Gasteiger partial charge in [0.15, 0.2) is 5.78 Å². The van der Waals surface area contributed by atoms with Crippen molar-refractivity contribution in [2.75, 3.05) is 6.61 Å². The highest BCUT2D eigenvalue weighted by Gasteiger charge is 2.55. The number of ether oxygens (including phenoxy) is 2. The van der Waals surface area contributed by atoms with E-state index in [0.717, 1.165) is 12.1 Å². The summed E-state index contributed by atoms with van der Waals surface area (Å²) in [6.07, 6.45) is -6.27. The largest absolute Gasteiger partial charge is 0.507 e. The van der Waals surface area contributed by atoms with Gasteiger partial charge in [-0.3, -0.25) is 4.79 Å². The maximum atomic E-state index is 12.2. The number of carboxylic acids is 1. The Hall–Kier alpha value is -2.96. The lowest BCUT2D eigenvalue weighted by Crippen LogP contribution is -2.67. The molecule has 11 heteroatoms. The van der Waals surface area contributed by atoms with Gasteiger partial charge in [-0.15, -0.1) is 0 Å². The number of ketones is 1. The van der Waals surface area contributed by atoms with Crippen molar-refractivity contribution in [1.29, 1.82) is 0 Å². The Bertz CT molecular complexity index is 1170. The minimum atomic E-state index is -2.00. The van der Waals surface area contributed by atoms with Gasteiger partial charge in [-0.1, -0.05) is 13.8 Å². The fraction of sp³-hybridized carbons (Fsp3) is 0.520. The van der Waals surface area contributed by atoms with E-state index in [9.17, 15) is 45.3 Å². The summed E-state index contributed by atoms with van der Waals surface area (Å²) in [6, 6.07) is 2.09. The average molecular weight is 509 g/mol. The molecule has 1 aliphatic rings. The summed E-state index contributed by atoms with van der Waals surface area (Å²) in [6.45, 7) is 5.62. The predicted octanol–water partition coefficient (Wildman–Crippen LogP) is 1.45. The van der Waals surface area contributed by atoms with Gasteiger partial charge in [0.2, 0.25) is 6.29 Å². The summed E-state index contributed by atoms with van der Waals surface area (Å²) in [5.74, 6) is -3.24. The normalized spacial score (nSPS) is 26.4. The number of aromatic carboxylic acids is 1. The first-order valence-electron chi connectivity index (χ1n) is 11.5. The number of hydrogen-bond acceptors (Lipinski definition) is 10. The molecule has 3 rings (SSSR count). The number of rotatable bonds is 8. The Balaban J connectivity index is 2.13. The van der Waals surface area contributed by atoms with Gasteiger partial charge in [-0.05, 0) is 44.7 Å². The van der Waals surface area contributed by atoms with Crippen molar-refractivity contribution >= 4 is 22.5 Å². The highest BCUT2D eigenvalue weighted by molar-refractivity contribution is 6.11. The summed E-state index contributed by atoms with van der Waals surface area (Å²) in [7, 11) is 0. The van der Waals surface area contributed by atoms with Crippen molar-refractivity contribution in [3.05, 3.63) is 28.8 Å². The first-order valence-corrected chi connectivity index (χ1v) is 11.5. The maximum absolute atomic E-state index is 12.2. The number of fused-ring (bicyclic) bond motifs is 1. The third kappa shape index (κ3) is 4.72. The van der Waals surface area contributed by atoms with Crippen molar-refractivity contribution < 1.29 is 54.8 Å². The van der Waals surface area contributed by atoms with Crippen LogP contribution in [0, 0.1) is 12.8 Å². The number of hydrogen-bond donors (Lipinski definition) is 7. The maximum Gasteiger partial charge on any atom is 0.335 e. The van der Waals surface area contributed by atoms with Crippen molar-refractivity contribution in [2.24, 2.45) is 5.92 Å². The van der Waals surface area contributed by atoms with Crippen LogP contribution in [-0.4, -0.2) is 84.3 Å². The molecular formula is C25H32O11. The standard InChI is InChI=1S/C25H32O11/c1-10(2)5-6-25(34)16(9-26)36-24(21(30)22(25)31)35-15-8-13(23(32)33)7-14-18(15)20(29)17(12(4)27)11(3)19(14)28/h7-8,10,16,21-22,24,26,28-31,34H,5-6,9H2,1-4H3,(H,32,33)/t16-,21-,22-,24+,25-/m1/s1. The van der Waals surface area contributed by atoms with Crippen LogP contribution in [0.4, 0.5) is 0 Å². The van der Waals surface area contributed by atoms with E-state index in [1.165, 1.54) is 13.8 Å². The number of carbonyl (C=O) groups excluding carboxylic acids is 1. The van der Waals surface area contributed by atoms with Crippen LogP contribution < -0.4 is 4.74 Å². The van der Waals surface area contributed by atoms with Crippen LogP contribution in [0.2, 0.25) is 0 Å². The molecule has 198 valence electrons. The fourth-order valence-corrected chi connectivity index (χ4v) is 4.56. The molecule has 0 aliphatic carbocycles. The molecular weight excluding hydrogens is 476 g/mol. The first kappa shape index (κ1) is 27.6. The van der Waals surface area contributed by atoms with Gasteiger partial charge in [0, 0.05) is 10.9 Å². The molecule has 2 aromatic carbocycles. The first-order chi connectivity index (χ1) is 16.7. The van der Waals surface area contributed by atoms with Crippen LogP contribution in [0.5, 0.6) is 17.2 Å². The number of aliphatic hydroxyl groups excluding tert-OH is 3. The van der Waals surface area contributed by atoms with Crippen LogP contribution >= 0.6 is 0 Å². The molecule has 1 aliphatic heterocycles. The highest BCUT2D eigenvalue weighted by Crippen LogP contribution is 2.45. The zero-order valence-electron chi connectivity index (χ0n) is 20.4. The SMILES string of the molecule is CC(=O)c1c(C)c(O)c2cc(C(=O)O)cc(O[C@H]3O[C@H](CO)[C@](O)(CCC(C)C)[C@H](O)[C@H]3O)c2c1O. The van der Waals surface area contributed by atoms with E-state index in [4.69, 9.17) is 9.47 Å². The van der Waals surface area contributed by atoms with Gasteiger partial charge < -0.3 is 45.2 Å². The van der Waals surface area contributed by atoms with Gasteiger partial charge >= 0.3 is 5.97 Å². The Labute approximate surface area is 207 Å². The van der Waals surface area contributed by atoms with E-state index in [0.29, 0.717) is 6.42 Å². The molecule has 1 heterocycles. The number of phenolic OH excluding ortho intramolecular Hbond substituents is 2.